The van der Waals surface area contributed by atoms with Crippen molar-refractivity contribution in [3.63, 3.8) is 0 Å². The fraction of sp³-hybridized carbons (Fsp3) is 0. The molecule has 0 aromatic heterocycles. The Balaban J connectivity index is 2.58. The first kappa shape index (κ1) is 9.40. The van der Waals surface area contributed by atoms with Crippen molar-refractivity contribution in [2.45, 2.75) is 0 Å². The fourth-order valence-corrected chi connectivity index (χ4v) is 1.51. The zero-order chi connectivity index (χ0) is 10.7. The maximum Gasteiger partial charge on any atom is 0.251 e. The molecule has 0 saturated carbocycles. The molecule has 0 aliphatic carbocycles. The van der Waals surface area contributed by atoms with E-state index >= 15 is 0 Å². The zero-order valence-electron chi connectivity index (χ0n) is 8.05. The minimum atomic E-state index is 0.141. The Hall–Kier alpha value is -2.16. The summed E-state index contributed by atoms with van der Waals surface area (Å²) in [6.45, 7) is 0. The van der Waals surface area contributed by atoms with Gasteiger partial charge in [-0.2, -0.15) is 0 Å². The minimum Gasteiger partial charge on any atom is -0.594 e. The maximum atomic E-state index is 11.0. The third-order valence-corrected chi connectivity index (χ3v) is 2.21. The van der Waals surface area contributed by atoms with E-state index in [0.29, 0.717) is 5.69 Å². The summed E-state index contributed by atoms with van der Waals surface area (Å²) in [4.78, 5) is 0.141. The van der Waals surface area contributed by atoms with Gasteiger partial charge in [0.05, 0.1) is 5.56 Å². The van der Waals surface area contributed by atoms with Gasteiger partial charge in [-0.1, -0.05) is 47.3 Å². The van der Waals surface area contributed by atoms with Crippen LogP contribution in [0.25, 0.3) is 11.1 Å². The Morgan fingerprint density at radius 3 is 2.13 bits per heavy atom. The second-order valence-electron chi connectivity index (χ2n) is 3.18. The lowest BCUT2D eigenvalue weighted by Crippen LogP contribution is -1.90. The highest BCUT2D eigenvalue weighted by Gasteiger charge is 2.10. The van der Waals surface area contributed by atoms with Gasteiger partial charge in [0.15, 0.2) is 0 Å². The molecule has 15 heavy (non-hydrogen) atoms. The van der Waals surface area contributed by atoms with Gasteiger partial charge in [-0.3, -0.25) is 0 Å². The van der Waals surface area contributed by atoms with Crippen molar-refractivity contribution in [2.24, 2.45) is 0 Å². The summed E-state index contributed by atoms with van der Waals surface area (Å²) < 4.78 is 0. The first-order valence-corrected chi connectivity index (χ1v) is 4.62. The summed E-state index contributed by atoms with van der Waals surface area (Å²) >= 11 is 0. The second-order valence-corrected chi connectivity index (χ2v) is 3.18. The molecule has 0 amide bonds. The van der Waals surface area contributed by atoms with Crippen molar-refractivity contribution in [3.05, 3.63) is 59.8 Å². The van der Waals surface area contributed by atoms with E-state index in [1.807, 2.05) is 42.5 Å². The topological polar surface area (TPSA) is 49.9 Å². The average molecular weight is 198 g/mol. The Bertz CT molecular complexity index is 480. The zero-order valence-corrected chi connectivity index (χ0v) is 8.05. The number of para-hydroxylation sites is 1. The number of hydrogen-bond acceptors (Lipinski definition) is 2. The molecule has 0 spiro atoms. The third-order valence-electron chi connectivity index (χ3n) is 2.21. The van der Waals surface area contributed by atoms with E-state index in [-0.39, 0.29) is 4.86 Å². The molecule has 0 bridgehead atoms. The third kappa shape index (κ3) is 1.86. The summed E-state index contributed by atoms with van der Waals surface area (Å²) in [5.41, 5.74) is 9.18. The van der Waals surface area contributed by atoms with Crippen LogP contribution in [0.1, 0.15) is 0 Å². The van der Waals surface area contributed by atoms with Crippen LogP contribution in [-0.2, 0) is 0 Å². The van der Waals surface area contributed by atoms with Crippen molar-refractivity contribution in [3.8, 4) is 11.1 Å². The molecular formula is C12H10N2O. The largest absolute Gasteiger partial charge is 0.594 e. The highest BCUT2D eigenvalue weighted by molar-refractivity contribution is 5.73. The Morgan fingerprint density at radius 2 is 1.47 bits per heavy atom. The molecule has 2 aromatic carbocycles. The molecule has 0 aliphatic rings. The van der Waals surface area contributed by atoms with Crippen LogP contribution < -0.4 is 0 Å². The predicted molar refractivity (Wildman–Crippen MR) is 57.9 cm³/mol. The molecule has 2 rings (SSSR count). The Morgan fingerprint density at radius 1 is 0.867 bits per heavy atom. The van der Waals surface area contributed by atoms with Crippen LogP contribution >= 0.6 is 0 Å². The molecule has 74 valence electrons. The summed E-state index contributed by atoms with van der Waals surface area (Å²) in [5, 5.41) is 11.0. The van der Waals surface area contributed by atoms with E-state index < -0.39 is 0 Å². The molecule has 0 atom stereocenters. The summed E-state index contributed by atoms with van der Waals surface area (Å²) in [7, 11) is 0. The highest BCUT2D eigenvalue weighted by Crippen LogP contribution is 2.28. The summed E-state index contributed by atoms with van der Waals surface area (Å²) in [6, 6.07) is 16.7. The van der Waals surface area contributed by atoms with Crippen LogP contribution in [0.5, 0.6) is 0 Å². The van der Waals surface area contributed by atoms with Crippen LogP contribution in [0.3, 0.4) is 0 Å². The van der Waals surface area contributed by atoms with Crippen molar-refractivity contribution < 1.29 is 4.86 Å². The fourth-order valence-electron chi connectivity index (χ4n) is 1.51. The number of hydrogen-bond donors (Lipinski definition) is 1. The van der Waals surface area contributed by atoms with E-state index in [4.69, 9.17) is 5.53 Å². The van der Waals surface area contributed by atoms with Gasteiger partial charge < -0.3 is 5.21 Å². The average Bonchev–Trinajstić information content (AvgIpc) is 2.30. The summed E-state index contributed by atoms with van der Waals surface area (Å²) in [5.74, 6) is 0. The lowest BCUT2D eigenvalue weighted by molar-refractivity contribution is -0.465. The number of nitrogens with zero attached hydrogens (tertiary/aromatic N) is 1. The van der Waals surface area contributed by atoms with E-state index in [0.717, 1.165) is 11.1 Å². The number of rotatable bonds is 2. The van der Waals surface area contributed by atoms with Crippen LogP contribution in [0.4, 0.5) is 5.69 Å². The molecule has 1 N–H and O–H groups in total. The van der Waals surface area contributed by atoms with E-state index in [2.05, 4.69) is 0 Å². The smallest absolute Gasteiger partial charge is 0.251 e. The Kier molecular flexibility index (Phi) is 2.46. The molecule has 2 aromatic rings. The van der Waals surface area contributed by atoms with Gasteiger partial charge >= 0.3 is 0 Å². The maximum absolute atomic E-state index is 11.0. The van der Waals surface area contributed by atoms with E-state index in [9.17, 15) is 5.21 Å². The van der Waals surface area contributed by atoms with Crippen LogP contribution in [0.2, 0.25) is 0 Å². The minimum absolute atomic E-state index is 0.141. The van der Waals surface area contributed by atoms with Crippen LogP contribution in [0.15, 0.2) is 54.6 Å². The molecule has 0 radical (unpaired) electrons. The molecule has 0 saturated heterocycles. The van der Waals surface area contributed by atoms with E-state index in [1.54, 1.807) is 12.1 Å². The normalized spacial score (nSPS) is 9.87. The first-order chi connectivity index (χ1) is 7.29. The lowest BCUT2D eigenvalue weighted by Gasteiger charge is -2.04. The quantitative estimate of drug-likeness (QED) is 0.448. The molecule has 0 unspecified atom stereocenters. The van der Waals surface area contributed by atoms with Gasteiger partial charge in [0, 0.05) is 6.07 Å². The van der Waals surface area contributed by atoms with Gasteiger partial charge in [0.2, 0.25) is 0 Å². The van der Waals surface area contributed by atoms with Crippen LogP contribution in [0, 0.1) is 10.7 Å². The number of benzene rings is 2. The molecule has 3 nitrogen and oxygen atoms in total. The van der Waals surface area contributed by atoms with Crippen molar-refractivity contribution in [1.29, 1.82) is 5.53 Å². The lowest BCUT2D eigenvalue weighted by atomic mass is 10.0. The second kappa shape index (κ2) is 3.92. The van der Waals surface area contributed by atoms with Crippen molar-refractivity contribution in [2.75, 3.05) is 0 Å². The Labute approximate surface area is 87.7 Å². The van der Waals surface area contributed by atoms with Crippen molar-refractivity contribution >= 4 is 5.69 Å². The monoisotopic (exact) mass is 198 g/mol. The first-order valence-electron chi connectivity index (χ1n) is 4.62. The van der Waals surface area contributed by atoms with Crippen LogP contribution in [-0.4, -0.2) is 4.86 Å². The molecule has 0 heterocycles. The van der Waals surface area contributed by atoms with Gasteiger partial charge in [0.25, 0.3) is 5.69 Å². The van der Waals surface area contributed by atoms with Gasteiger partial charge in [-0.15, -0.1) is 0 Å². The molecule has 0 aliphatic heterocycles. The summed E-state index contributed by atoms with van der Waals surface area (Å²) in [6.07, 6.45) is 0. The SMILES string of the molecule is N=[N+]([O-])c1ccccc1-c1ccccc1. The predicted octanol–water partition coefficient (Wildman–Crippen LogP) is 3.53. The molecule has 0 fully saturated rings. The van der Waals surface area contributed by atoms with E-state index in [1.165, 1.54) is 0 Å². The van der Waals surface area contributed by atoms with Crippen molar-refractivity contribution in [1.82, 2.24) is 0 Å². The highest BCUT2D eigenvalue weighted by atomic mass is 16.5. The number of nitrogens with one attached hydrogen (secondary N) is 1. The molecule has 3 heteroatoms. The molecular weight excluding hydrogens is 188 g/mol. The van der Waals surface area contributed by atoms with Gasteiger partial charge in [-0.05, 0) is 17.2 Å². The van der Waals surface area contributed by atoms with Gasteiger partial charge in [-0.25, -0.2) is 0 Å². The van der Waals surface area contributed by atoms with Gasteiger partial charge in [0.1, 0.15) is 0 Å². The standard InChI is InChI=1S/C12H10N2O/c13-14(15)12-9-5-4-8-11(12)10-6-2-1-3-7-10/h1-9,13H.